The van der Waals surface area contributed by atoms with Crippen LogP contribution in [0.2, 0.25) is 0 Å². The third-order valence-electron chi connectivity index (χ3n) is 9.00. The Kier molecular flexibility index (Phi) is 6.62. The lowest BCUT2D eigenvalue weighted by atomic mass is 9.90. The first kappa shape index (κ1) is 26.9. The predicted molar refractivity (Wildman–Crippen MR) is 162 cm³/mol. The van der Waals surface area contributed by atoms with E-state index in [2.05, 4.69) is 51.2 Å². The Morgan fingerprint density at radius 1 is 1.10 bits per heavy atom. The third-order valence-corrected chi connectivity index (χ3v) is 9.00. The molecule has 2 aliphatic heterocycles. The van der Waals surface area contributed by atoms with E-state index >= 15 is 4.39 Å². The number of anilines is 2. The zero-order chi connectivity index (χ0) is 29.0. The summed E-state index contributed by atoms with van der Waals surface area (Å²) in [6, 6.07) is 16.3. The molecule has 1 fully saturated rings. The van der Waals surface area contributed by atoms with Crippen molar-refractivity contribution in [1.82, 2.24) is 28.8 Å². The summed E-state index contributed by atoms with van der Waals surface area (Å²) in [6.45, 7) is 3.86. The Balaban J connectivity index is 1.26. The van der Waals surface area contributed by atoms with Gasteiger partial charge in [0.05, 0.1) is 17.8 Å². The van der Waals surface area contributed by atoms with E-state index in [-0.39, 0.29) is 18.5 Å². The lowest BCUT2D eigenvalue weighted by Gasteiger charge is -2.30. The van der Waals surface area contributed by atoms with Crippen molar-refractivity contribution in [2.75, 3.05) is 25.5 Å². The number of alkyl halides is 1. The van der Waals surface area contributed by atoms with Gasteiger partial charge in [-0.3, -0.25) is 4.79 Å². The van der Waals surface area contributed by atoms with Gasteiger partial charge >= 0.3 is 0 Å². The van der Waals surface area contributed by atoms with E-state index in [1.54, 1.807) is 11.6 Å². The first-order chi connectivity index (χ1) is 20.3. The number of halogens is 1. The number of fused-ring (bicyclic) bond motifs is 7. The zero-order valence-electron chi connectivity index (χ0n) is 24.0. The zero-order valence-corrected chi connectivity index (χ0v) is 24.0. The van der Waals surface area contributed by atoms with Crippen LogP contribution < -0.4 is 10.9 Å². The topological polar surface area (TPSA) is 93.1 Å². The number of aliphatic hydroxyl groups is 1. The van der Waals surface area contributed by atoms with E-state index in [0.29, 0.717) is 47.1 Å². The number of rotatable bonds is 3. The second-order valence-corrected chi connectivity index (χ2v) is 12.1. The highest BCUT2D eigenvalue weighted by atomic mass is 19.1. The molecule has 2 atom stereocenters. The Bertz CT molecular complexity index is 1830. The highest BCUT2D eigenvalue weighted by Gasteiger charge is 2.27. The molecule has 1 unspecified atom stereocenters. The van der Waals surface area contributed by atoms with Crippen LogP contribution in [-0.4, -0.2) is 60.2 Å². The quantitative estimate of drug-likeness (QED) is 0.307. The molecule has 0 aliphatic carbocycles. The summed E-state index contributed by atoms with van der Waals surface area (Å²) < 4.78 is 20.6. The van der Waals surface area contributed by atoms with Crippen LogP contribution in [0.5, 0.6) is 0 Å². The third kappa shape index (κ3) is 4.78. The van der Waals surface area contributed by atoms with Crippen molar-refractivity contribution in [2.24, 2.45) is 0 Å². The van der Waals surface area contributed by atoms with Crippen molar-refractivity contribution >= 4 is 33.6 Å². The highest BCUT2D eigenvalue weighted by molar-refractivity contribution is 5.85. The molecule has 218 valence electrons. The second kappa shape index (κ2) is 10.4. The molecule has 0 amide bonds. The number of aromatic nitrogens is 5. The van der Waals surface area contributed by atoms with Crippen LogP contribution in [0.1, 0.15) is 50.6 Å². The largest absolute Gasteiger partial charge is 0.385 e. The lowest BCUT2D eigenvalue weighted by Crippen LogP contribution is -2.31. The number of piperidine rings is 1. The molecule has 2 aromatic carbocycles. The van der Waals surface area contributed by atoms with Crippen LogP contribution >= 0.6 is 0 Å². The van der Waals surface area contributed by atoms with E-state index in [1.165, 1.54) is 16.4 Å². The van der Waals surface area contributed by atoms with E-state index in [4.69, 9.17) is 4.98 Å². The number of likely N-dealkylation sites (tertiary alicyclic amines) is 1. The van der Waals surface area contributed by atoms with Crippen LogP contribution in [0.15, 0.2) is 65.7 Å². The molecule has 1 saturated heterocycles. The summed E-state index contributed by atoms with van der Waals surface area (Å²) in [7, 11) is 2.17. The molecule has 2 N–H and O–H groups in total. The molecular weight excluding hydrogens is 533 g/mol. The van der Waals surface area contributed by atoms with Crippen molar-refractivity contribution in [3.05, 3.63) is 76.8 Å². The van der Waals surface area contributed by atoms with Gasteiger partial charge in [-0.25, -0.2) is 18.7 Å². The maximum Gasteiger partial charge on any atom is 0.278 e. The Hall–Kier alpha value is -4.02. The first-order valence-corrected chi connectivity index (χ1v) is 14.8. The smallest absolute Gasteiger partial charge is 0.278 e. The number of hydrogen-bond acceptors (Lipinski definition) is 6. The molecule has 42 heavy (non-hydrogen) atoms. The average molecular weight is 570 g/mol. The maximum absolute atomic E-state index is 15.1. The van der Waals surface area contributed by atoms with Gasteiger partial charge in [0.2, 0.25) is 5.95 Å². The Morgan fingerprint density at radius 2 is 1.93 bits per heavy atom. The number of benzene rings is 2. The van der Waals surface area contributed by atoms with Gasteiger partial charge in [-0.2, -0.15) is 4.98 Å². The average Bonchev–Trinajstić information content (AvgIpc) is 3.51. The molecule has 0 radical (unpaired) electrons. The maximum atomic E-state index is 15.1. The van der Waals surface area contributed by atoms with Crippen LogP contribution in [0.3, 0.4) is 0 Å². The summed E-state index contributed by atoms with van der Waals surface area (Å²) in [5.74, 6) is 0.340. The predicted octanol–water partition coefficient (Wildman–Crippen LogP) is 5.28. The van der Waals surface area contributed by atoms with E-state index in [0.717, 1.165) is 37.0 Å². The molecule has 5 aromatic rings. The Labute approximate surface area is 243 Å². The number of hydrogen-bond donors (Lipinski definition) is 2. The molecule has 10 heteroatoms. The minimum absolute atomic E-state index is 0.102. The molecule has 7 rings (SSSR count). The second-order valence-electron chi connectivity index (χ2n) is 12.1. The van der Waals surface area contributed by atoms with Crippen LogP contribution in [0.25, 0.3) is 27.6 Å². The standard InChI is InChI=1S/C32H36FN7O2/c1-32(42)13-4-6-23(33)20-39-30(41)27-19-34-31(36-29(27)40(39)26-7-3-5-22(32)18-26)35-24-8-9-28-21(17-24)10-16-38(28)25-11-14-37(2)15-12-25/h3,5,7-10,16-19,23,25,42H,4,6,11-15,20H2,1-2H3,(H,34,35,36)/t23?,32-/m1/s1. The van der Waals surface area contributed by atoms with Gasteiger partial charge in [0.1, 0.15) is 11.6 Å². The minimum atomic E-state index is -1.24. The summed E-state index contributed by atoms with van der Waals surface area (Å²) in [5.41, 5.74) is 2.32. The van der Waals surface area contributed by atoms with Crippen LogP contribution in [0.4, 0.5) is 16.0 Å². The van der Waals surface area contributed by atoms with Crippen molar-refractivity contribution in [3.8, 4) is 5.69 Å². The molecular formula is C32H36FN7O2. The van der Waals surface area contributed by atoms with Gasteiger partial charge in [0, 0.05) is 35.0 Å². The van der Waals surface area contributed by atoms with Crippen molar-refractivity contribution in [2.45, 2.75) is 63.4 Å². The normalized spacial score (nSPS) is 22.2. The molecule has 5 heterocycles. The van der Waals surface area contributed by atoms with Gasteiger partial charge in [0.15, 0.2) is 5.65 Å². The van der Waals surface area contributed by atoms with Crippen molar-refractivity contribution in [3.63, 3.8) is 0 Å². The molecule has 0 saturated carbocycles. The van der Waals surface area contributed by atoms with E-state index in [9.17, 15) is 9.90 Å². The van der Waals surface area contributed by atoms with Gasteiger partial charge in [-0.1, -0.05) is 12.1 Å². The SMILES string of the molecule is CN1CCC(n2ccc3cc(Nc4ncc5c(=O)n6n(c5n4)-c4cccc(c4)[C@](C)(O)CCCC(F)C6)ccc32)CC1. The molecule has 3 aromatic heterocycles. The van der Waals surface area contributed by atoms with E-state index < -0.39 is 11.8 Å². The minimum Gasteiger partial charge on any atom is -0.385 e. The molecule has 2 bridgehead atoms. The summed E-state index contributed by atoms with van der Waals surface area (Å²) >= 11 is 0. The van der Waals surface area contributed by atoms with Crippen LogP contribution in [0, 0.1) is 0 Å². The highest BCUT2D eigenvalue weighted by Crippen LogP contribution is 2.32. The summed E-state index contributed by atoms with van der Waals surface area (Å²) in [4.78, 5) is 25.1. The van der Waals surface area contributed by atoms with Crippen LogP contribution in [-0.2, 0) is 12.1 Å². The van der Waals surface area contributed by atoms with E-state index in [1.807, 2.05) is 30.3 Å². The Morgan fingerprint density at radius 3 is 2.76 bits per heavy atom. The first-order valence-electron chi connectivity index (χ1n) is 14.8. The fourth-order valence-electron chi connectivity index (χ4n) is 6.54. The van der Waals surface area contributed by atoms with Gasteiger partial charge in [0.25, 0.3) is 5.56 Å². The summed E-state index contributed by atoms with van der Waals surface area (Å²) in [5, 5.41) is 15.9. The summed E-state index contributed by atoms with van der Waals surface area (Å²) in [6.07, 6.45) is 5.91. The number of nitrogens with one attached hydrogen (secondary N) is 1. The van der Waals surface area contributed by atoms with Crippen molar-refractivity contribution in [1.29, 1.82) is 0 Å². The molecule has 9 nitrogen and oxygen atoms in total. The fraction of sp³-hybridized carbons (Fsp3) is 0.406. The van der Waals surface area contributed by atoms with Crippen molar-refractivity contribution < 1.29 is 9.50 Å². The molecule has 0 spiro atoms. The van der Waals surface area contributed by atoms with Gasteiger partial charge in [-0.15, -0.1) is 0 Å². The fourth-order valence-corrected chi connectivity index (χ4v) is 6.54. The monoisotopic (exact) mass is 569 g/mol. The van der Waals surface area contributed by atoms with Gasteiger partial charge < -0.3 is 19.9 Å². The lowest BCUT2D eigenvalue weighted by molar-refractivity contribution is 0.0429. The van der Waals surface area contributed by atoms with Gasteiger partial charge in [-0.05, 0) is 101 Å². The number of nitrogens with zero attached hydrogens (tertiary/aromatic N) is 6. The molecule has 2 aliphatic rings.